The van der Waals surface area contributed by atoms with Crippen LogP contribution in [0.25, 0.3) is 0 Å². The maximum atomic E-state index is 11.5. The Morgan fingerprint density at radius 3 is 2.27 bits per heavy atom. The Morgan fingerprint density at radius 1 is 1.27 bits per heavy atom. The number of hydrogen-bond acceptors (Lipinski definition) is 2. The third-order valence-corrected chi connectivity index (χ3v) is 2.33. The van der Waals surface area contributed by atoms with Gasteiger partial charge < -0.3 is 4.74 Å². The molecular weight excluding hydrogens is 188 g/mol. The minimum Gasteiger partial charge on any atom is -0.463 e. The Bertz CT molecular complexity index is 333. The Labute approximate surface area is 91.3 Å². The van der Waals surface area contributed by atoms with Gasteiger partial charge in [0, 0.05) is 0 Å². The van der Waals surface area contributed by atoms with E-state index in [1.165, 1.54) is 0 Å². The summed E-state index contributed by atoms with van der Waals surface area (Å²) in [5, 5.41) is 0. The molecule has 0 N–H and O–H groups in total. The number of esters is 1. The molecule has 0 fully saturated rings. The molecule has 0 aliphatic carbocycles. The van der Waals surface area contributed by atoms with Crippen LogP contribution < -0.4 is 0 Å². The second-order valence-corrected chi connectivity index (χ2v) is 4.09. The molecule has 0 radical (unpaired) electrons. The molecule has 0 spiro atoms. The quantitative estimate of drug-likeness (QED) is 0.711. The summed E-state index contributed by atoms with van der Waals surface area (Å²) >= 11 is 0. The highest BCUT2D eigenvalue weighted by Crippen LogP contribution is 2.14. The zero-order valence-corrected chi connectivity index (χ0v) is 9.83. The van der Waals surface area contributed by atoms with Gasteiger partial charge in [-0.25, -0.2) is 0 Å². The van der Waals surface area contributed by atoms with Crippen molar-refractivity contribution in [2.45, 2.75) is 40.2 Å². The Balaban J connectivity index is 2.76. The highest BCUT2D eigenvalue weighted by Gasteiger charge is 2.10. The van der Waals surface area contributed by atoms with Crippen molar-refractivity contribution in [1.82, 2.24) is 0 Å². The van der Waals surface area contributed by atoms with Crippen LogP contribution in [-0.4, -0.2) is 12.1 Å². The summed E-state index contributed by atoms with van der Waals surface area (Å²) in [7, 11) is 0. The summed E-state index contributed by atoms with van der Waals surface area (Å²) in [4.78, 5) is 11.5. The normalized spacial score (nSPS) is 10.5. The third kappa shape index (κ3) is 3.39. The van der Waals surface area contributed by atoms with Crippen molar-refractivity contribution in [3.63, 3.8) is 0 Å². The molecule has 2 nitrogen and oxygen atoms in total. The summed E-state index contributed by atoms with van der Waals surface area (Å²) in [5.41, 5.74) is 3.38. The summed E-state index contributed by atoms with van der Waals surface area (Å²) in [5.74, 6) is -0.151. The molecule has 1 aromatic carbocycles. The predicted octanol–water partition coefficient (Wildman–Crippen LogP) is 2.80. The van der Waals surface area contributed by atoms with Gasteiger partial charge in [-0.05, 0) is 44.4 Å². The molecule has 1 rings (SSSR count). The van der Waals surface area contributed by atoms with Crippen molar-refractivity contribution >= 4 is 5.97 Å². The second-order valence-electron chi connectivity index (χ2n) is 4.09. The number of hydrogen-bond donors (Lipinski definition) is 0. The molecule has 0 bridgehead atoms. The summed E-state index contributed by atoms with van der Waals surface area (Å²) in [6.45, 7) is 7.77. The van der Waals surface area contributed by atoms with Gasteiger partial charge in [-0.1, -0.05) is 18.2 Å². The van der Waals surface area contributed by atoms with Crippen LogP contribution in [-0.2, 0) is 16.0 Å². The molecule has 0 heterocycles. The lowest BCUT2D eigenvalue weighted by Crippen LogP contribution is -2.14. The van der Waals surface area contributed by atoms with E-state index in [2.05, 4.69) is 0 Å². The van der Waals surface area contributed by atoms with Crippen LogP contribution in [0.15, 0.2) is 18.2 Å². The van der Waals surface area contributed by atoms with Crippen molar-refractivity contribution in [3.05, 3.63) is 34.9 Å². The fourth-order valence-corrected chi connectivity index (χ4v) is 1.58. The lowest BCUT2D eigenvalue weighted by atomic mass is 10.0. The first kappa shape index (κ1) is 11.8. The number of rotatable bonds is 3. The maximum absolute atomic E-state index is 11.5. The summed E-state index contributed by atoms with van der Waals surface area (Å²) in [6, 6.07) is 6.04. The first-order valence-electron chi connectivity index (χ1n) is 5.25. The Morgan fingerprint density at radius 2 is 1.80 bits per heavy atom. The molecule has 0 aliphatic heterocycles. The molecule has 0 saturated heterocycles. The first-order chi connectivity index (χ1) is 7.00. The monoisotopic (exact) mass is 206 g/mol. The van der Waals surface area contributed by atoms with E-state index in [0.717, 1.165) is 16.7 Å². The van der Waals surface area contributed by atoms with Crippen LogP contribution in [0.3, 0.4) is 0 Å². The van der Waals surface area contributed by atoms with Crippen LogP contribution in [0.1, 0.15) is 30.5 Å². The minimum absolute atomic E-state index is 0.0400. The van der Waals surface area contributed by atoms with Crippen molar-refractivity contribution in [1.29, 1.82) is 0 Å². The molecule has 15 heavy (non-hydrogen) atoms. The lowest BCUT2D eigenvalue weighted by Gasteiger charge is -2.11. The summed E-state index contributed by atoms with van der Waals surface area (Å²) < 4.78 is 5.13. The molecule has 0 atom stereocenters. The number of aryl methyl sites for hydroxylation is 2. The van der Waals surface area contributed by atoms with Crippen LogP contribution in [0.2, 0.25) is 0 Å². The van der Waals surface area contributed by atoms with Gasteiger partial charge in [0.15, 0.2) is 0 Å². The van der Waals surface area contributed by atoms with Gasteiger partial charge in [0.2, 0.25) is 0 Å². The van der Waals surface area contributed by atoms with Crippen molar-refractivity contribution < 1.29 is 9.53 Å². The second kappa shape index (κ2) is 4.96. The highest BCUT2D eigenvalue weighted by atomic mass is 16.5. The van der Waals surface area contributed by atoms with Gasteiger partial charge in [-0.2, -0.15) is 0 Å². The number of benzene rings is 1. The average Bonchev–Trinajstić information content (AvgIpc) is 2.10. The van der Waals surface area contributed by atoms with Gasteiger partial charge in [0.25, 0.3) is 0 Å². The van der Waals surface area contributed by atoms with Crippen molar-refractivity contribution in [2.24, 2.45) is 0 Å². The molecule has 82 valence electrons. The minimum atomic E-state index is -0.151. The van der Waals surface area contributed by atoms with E-state index < -0.39 is 0 Å². The maximum Gasteiger partial charge on any atom is 0.310 e. The number of ether oxygens (including phenoxy) is 1. The zero-order valence-electron chi connectivity index (χ0n) is 9.83. The van der Waals surface area contributed by atoms with E-state index >= 15 is 0 Å². The fourth-order valence-electron chi connectivity index (χ4n) is 1.58. The molecule has 1 aromatic rings. The van der Waals surface area contributed by atoms with E-state index in [0.29, 0.717) is 6.42 Å². The van der Waals surface area contributed by atoms with E-state index in [-0.39, 0.29) is 12.1 Å². The van der Waals surface area contributed by atoms with E-state index in [4.69, 9.17) is 4.74 Å². The average molecular weight is 206 g/mol. The molecule has 0 unspecified atom stereocenters. The molecular formula is C13H18O2. The molecule has 0 aromatic heterocycles. The molecule has 2 heteroatoms. The van der Waals surface area contributed by atoms with Crippen molar-refractivity contribution in [3.8, 4) is 0 Å². The lowest BCUT2D eigenvalue weighted by molar-refractivity contribution is -0.146. The standard InChI is InChI=1S/C13H18O2/c1-9(2)15-13(14)8-12-10(3)6-5-7-11(12)4/h5-7,9H,8H2,1-4H3. The first-order valence-corrected chi connectivity index (χ1v) is 5.25. The SMILES string of the molecule is Cc1cccc(C)c1CC(=O)OC(C)C. The van der Waals surface area contributed by atoms with Crippen molar-refractivity contribution in [2.75, 3.05) is 0 Å². The van der Waals surface area contributed by atoms with E-state index in [1.54, 1.807) is 0 Å². The van der Waals surface area contributed by atoms with Crippen LogP contribution >= 0.6 is 0 Å². The number of carbonyl (C=O) groups is 1. The van der Waals surface area contributed by atoms with Crippen LogP contribution in [0.4, 0.5) is 0 Å². The van der Waals surface area contributed by atoms with E-state index in [9.17, 15) is 4.79 Å². The van der Waals surface area contributed by atoms with Crippen LogP contribution in [0, 0.1) is 13.8 Å². The van der Waals surface area contributed by atoms with Gasteiger partial charge in [0.1, 0.15) is 0 Å². The number of carbonyl (C=O) groups excluding carboxylic acids is 1. The fraction of sp³-hybridized carbons (Fsp3) is 0.462. The third-order valence-electron chi connectivity index (χ3n) is 2.33. The van der Waals surface area contributed by atoms with Gasteiger partial charge in [0.05, 0.1) is 12.5 Å². The largest absolute Gasteiger partial charge is 0.463 e. The Kier molecular flexibility index (Phi) is 3.89. The van der Waals surface area contributed by atoms with E-state index in [1.807, 2.05) is 45.9 Å². The molecule has 0 amide bonds. The molecule has 0 saturated carbocycles. The molecule has 0 aliphatic rings. The highest BCUT2D eigenvalue weighted by molar-refractivity contribution is 5.73. The summed E-state index contributed by atoms with van der Waals surface area (Å²) in [6.07, 6.45) is 0.332. The van der Waals surface area contributed by atoms with Gasteiger partial charge in [-0.15, -0.1) is 0 Å². The Hall–Kier alpha value is -1.31. The topological polar surface area (TPSA) is 26.3 Å². The van der Waals surface area contributed by atoms with Crippen LogP contribution in [0.5, 0.6) is 0 Å². The smallest absolute Gasteiger partial charge is 0.310 e. The van der Waals surface area contributed by atoms with Gasteiger partial charge >= 0.3 is 5.97 Å². The predicted molar refractivity (Wildman–Crippen MR) is 60.8 cm³/mol. The van der Waals surface area contributed by atoms with Gasteiger partial charge in [-0.3, -0.25) is 4.79 Å². The zero-order chi connectivity index (χ0) is 11.4.